The monoisotopic (exact) mass is 436 g/mol. The minimum atomic E-state index is -4.17. The molecule has 0 bridgehead atoms. The van der Waals surface area contributed by atoms with Gasteiger partial charge in [0, 0.05) is 31.4 Å². The van der Waals surface area contributed by atoms with Gasteiger partial charge in [-0.15, -0.1) is 0 Å². The van der Waals surface area contributed by atoms with Crippen molar-refractivity contribution in [3.63, 3.8) is 0 Å². The summed E-state index contributed by atoms with van der Waals surface area (Å²) in [7, 11) is 1.71. The number of carbonyl (C=O) groups excluding carboxylic acids is 1. The molecule has 1 amide bonds. The predicted molar refractivity (Wildman–Crippen MR) is 104 cm³/mol. The number of carbonyl (C=O) groups is 1. The van der Waals surface area contributed by atoms with E-state index in [1.54, 1.807) is 17.8 Å². The fourth-order valence-electron chi connectivity index (χ4n) is 4.40. The second-order valence-electron chi connectivity index (χ2n) is 8.37. The quantitative estimate of drug-likeness (QED) is 0.564. The molecule has 3 aromatic rings. The highest BCUT2D eigenvalue weighted by Crippen LogP contribution is 2.56. The number of aromatic nitrogens is 3. The lowest BCUT2D eigenvalue weighted by atomic mass is 9.74. The summed E-state index contributed by atoms with van der Waals surface area (Å²) >= 11 is 0. The van der Waals surface area contributed by atoms with Gasteiger partial charge in [-0.1, -0.05) is 23.7 Å². The molecule has 0 radical (unpaired) electrons. The zero-order valence-corrected chi connectivity index (χ0v) is 16.7. The molecular weight excluding hydrogens is 416 g/mol. The number of halogens is 4. The first-order chi connectivity index (χ1) is 14.7. The molecule has 2 aromatic heterocycles. The number of alkyl halides is 4. The van der Waals surface area contributed by atoms with E-state index >= 15 is 0 Å². The van der Waals surface area contributed by atoms with Crippen LogP contribution in [0.1, 0.15) is 43.6 Å². The number of anilines is 1. The minimum absolute atomic E-state index is 0.129. The molecule has 6 nitrogen and oxygen atoms in total. The van der Waals surface area contributed by atoms with Crippen LogP contribution in [-0.2, 0) is 11.8 Å². The van der Waals surface area contributed by atoms with Crippen LogP contribution in [0.15, 0.2) is 28.8 Å². The third-order valence-corrected chi connectivity index (χ3v) is 6.39. The second kappa shape index (κ2) is 6.80. The first kappa shape index (κ1) is 20.0. The molecule has 1 aromatic carbocycles. The summed E-state index contributed by atoms with van der Waals surface area (Å²) in [6, 6.07) is 7.36. The smallest absolute Gasteiger partial charge is 0.313 e. The van der Waals surface area contributed by atoms with Crippen molar-refractivity contribution in [2.75, 3.05) is 5.32 Å². The van der Waals surface area contributed by atoms with Gasteiger partial charge < -0.3 is 9.84 Å². The zero-order chi connectivity index (χ0) is 22.0. The summed E-state index contributed by atoms with van der Waals surface area (Å²) < 4.78 is 60.4. The number of amides is 1. The summed E-state index contributed by atoms with van der Waals surface area (Å²) in [6.07, 6.45) is 1.12. The van der Waals surface area contributed by atoms with Crippen LogP contribution in [0.4, 0.5) is 23.4 Å². The Balaban J connectivity index is 1.46. The molecule has 1 N–H and O–H groups in total. The van der Waals surface area contributed by atoms with Gasteiger partial charge in [-0.3, -0.25) is 9.48 Å². The topological polar surface area (TPSA) is 73.0 Å². The van der Waals surface area contributed by atoms with E-state index in [9.17, 15) is 22.4 Å². The Kier molecular flexibility index (Phi) is 4.39. The highest BCUT2D eigenvalue weighted by Gasteiger charge is 2.71. The molecular formula is C21H20F4N4O2. The predicted octanol–water partition coefficient (Wildman–Crippen LogP) is 5.11. The lowest BCUT2D eigenvalue weighted by molar-refractivity contribution is -0.313. The van der Waals surface area contributed by atoms with Gasteiger partial charge in [0.25, 0.3) is 0 Å². The molecule has 0 unspecified atom stereocenters. The Morgan fingerprint density at radius 2 is 2.00 bits per heavy atom. The summed E-state index contributed by atoms with van der Waals surface area (Å²) in [4.78, 5) is 12.4. The standard InChI is InChI=1S/C21H20F4N4O2/c1-29-18(17-13-7-2-3-8-14(13)31-28-17)16(11-5-4-6-11)19(27-29)26-15(30)9-12-10-20(22,23)21(12,24)25/h2-3,7-8,11-12H,4-6,9-10H2,1H3,(H,26,27,30)/t12-/m0/s1. The molecule has 2 fully saturated rings. The van der Waals surface area contributed by atoms with Gasteiger partial charge in [-0.25, -0.2) is 0 Å². The number of rotatable bonds is 5. The van der Waals surface area contributed by atoms with Gasteiger partial charge >= 0.3 is 11.8 Å². The molecule has 0 saturated heterocycles. The fraction of sp³-hybridized carbons (Fsp3) is 0.476. The highest BCUT2D eigenvalue weighted by atomic mass is 19.3. The number of fused-ring (bicyclic) bond motifs is 1. The van der Waals surface area contributed by atoms with Crippen LogP contribution in [-0.4, -0.2) is 32.7 Å². The number of nitrogens with zero attached hydrogens (tertiary/aromatic N) is 3. The maximum absolute atomic E-state index is 13.6. The number of hydrogen-bond donors (Lipinski definition) is 1. The van der Waals surface area contributed by atoms with Gasteiger partial charge in [0.15, 0.2) is 11.4 Å². The maximum atomic E-state index is 13.6. The van der Waals surface area contributed by atoms with Crippen LogP contribution >= 0.6 is 0 Å². The maximum Gasteiger partial charge on any atom is 0.313 e. The third-order valence-electron chi connectivity index (χ3n) is 6.39. The summed E-state index contributed by atoms with van der Waals surface area (Å²) in [5, 5.41) is 12.0. The first-order valence-electron chi connectivity index (χ1n) is 10.2. The summed E-state index contributed by atoms with van der Waals surface area (Å²) in [5.41, 5.74) is 2.65. The largest absolute Gasteiger partial charge is 0.356 e. The average Bonchev–Trinajstić information content (AvgIpc) is 3.21. The van der Waals surface area contributed by atoms with E-state index in [4.69, 9.17) is 4.52 Å². The lowest BCUT2D eigenvalue weighted by Crippen LogP contribution is -2.59. The van der Waals surface area contributed by atoms with Crippen LogP contribution in [0.5, 0.6) is 0 Å². The molecule has 2 aliphatic rings. The SMILES string of the molecule is Cn1nc(NC(=O)C[C@H]2CC(F)(F)C2(F)F)c(C2CCC2)c1-c1noc2ccccc12. The van der Waals surface area contributed by atoms with Crippen molar-refractivity contribution in [1.82, 2.24) is 14.9 Å². The molecule has 5 rings (SSSR count). The van der Waals surface area contributed by atoms with E-state index in [1.165, 1.54) is 0 Å². The van der Waals surface area contributed by atoms with Crippen molar-refractivity contribution in [3.8, 4) is 11.4 Å². The molecule has 1 atom stereocenters. The highest BCUT2D eigenvalue weighted by molar-refractivity contribution is 5.95. The molecule has 0 aliphatic heterocycles. The lowest BCUT2D eigenvalue weighted by Gasteiger charge is -2.43. The molecule has 2 heterocycles. The van der Waals surface area contributed by atoms with E-state index in [2.05, 4.69) is 15.6 Å². The van der Waals surface area contributed by atoms with Gasteiger partial charge in [0.05, 0.1) is 11.1 Å². The van der Waals surface area contributed by atoms with Crippen molar-refractivity contribution in [2.24, 2.45) is 13.0 Å². The Labute approximate surface area is 174 Å². The summed E-state index contributed by atoms with van der Waals surface area (Å²) in [6.45, 7) is 0. The number of aryl methyl sites for hydroxylation is 1. The molecule has 31 heavy (non-hydrogen) atoms. The van der Waals surface area contributed by atoms with E-state index in [0.717, 1.165) is 30.2 Å². The number of hydrogen-bond acceptors (Lipinski definition) is 4. The van der Waals surface area contributed by atoms with Crippen LogP contribution in [0.2, 0.25) is 0 Å². The molecule has 2 saturated carbocycles. The Bertz CT molecular complexity index is 1170. The van der Waals surface area contributed by atoms with Gasteiger partial charge in [-0.05, 0) is 30.9 Å². The van der Waals surface area contributed by atoms with Gasteiger partial charge in [0.2, 0.25) is 5.91 Å². The van der Waals surface area contributed by atoms with Crippen LogP contribution in [0.3, 0.4) is 0 Å². The second-order valence-corrected chi connectivity index (χ2v) is 8.37. The molecule has 2 aliphatic carbocycles. The third kappa shape index (κ3) is 3.02. The van der Waals surface area contributed by atoms with E-state index in [0.29, 0.717) is 17.0 Å². The Morgan fingerprint density at radius 1 is 1.26 bits per heavy atom. The minimum Gasteiger partial charge on any atom is -0.356 e. The van der Waals surface area contributed by atoms with Crippen molar-refractivity contribution in [3.05, 3.63) is 29.8 Å². The van der Waals surface area contributed by atoms with Crippen LogP contribution < -0.4 is 5.32 Å². The van der Waals surface area contributed by atoms with Crippen molar-refractivity contribution in [2.45, 2.75) is 49.9 Å². The van der Waals surface area contributed by atoms with Crippen LogP contribution in [0.25, 0.3) is 22.4 Å². The molecule has 164 valence electrons. The molecule has 0 spiro atoms. The number of benzene rings is 1. The summed E-state index contributed by atoms with van der Waals surface area (Å²) in [5.74, 6) is -10.3. The van der Waals surface area contributed by atoms with Crippen molar-refractivity contribution >= 4 is 22.7 Å². The van der Waals surface area contributed by atoms with E-state index in [-0.39, 0.29) is 11.7 Å². The molecule has 10 heteroatoms. The fourth-order valence-corrected chi connectivity index (χ4v) is 4.40. The number of nitrogens with one attached hydrogen (secondary N) is 1. The zero-order valence-electron chi connectivity index (χ0n) is 16.7. The van der Waals surface area contributed by atoms with Crippen molar-refractivity contribution < 1.29 is 26.9 Å². The van der Waals surface area contributed by atoms with Gasteiger partial charge in [-0.2, -0.15) is 22.7 Å². The normalized spacial score (nSPS) is 22.2. The first-order valence-corrected chi connectivity index (χ1v) is 10.2. The number of para-hydroxylation sites is 1. The van der Waals surface area contributed by atoms with Crippen LogP contribution in [0, 0.1) is 5.92 Å². The van der Waals surface area contributed by atoms with Gasteiger partial charge in [0.1, 0.15) is 5.69 Å². The van der Waals surface area contributed by atoms with E-state index in [1.807, 2.05) is 18.2 Å². The Hall–Kier alpha value is -2.91. The Morgan fingerprint density at radius 3 is 2.65 bits per heavy atom. The van der Waals surface area contributed by atoms with Crippen molar-refractivity contribution in [1.29, 1.82) is 0 Å². The average molecular weight is 436 g/mol. The van der Waals surface area contributed by atoms with E-state index < -0.39 is 36.5 Å².